The van der Waals surface area contributed by atoms with Crippen molar-refractivity contribution in [1.29, 1.82) is 0 Å². The first-order valence-electron chi connectivity index (χ1n) is 6.91. The third-order valence-electron chi connectivity index (χ3n) is 5.33. The lowest BCUT2D eigenvalue weighted by Gasteiger charge is -2.46. The van der Waals surface area contributed by atoms with E-state index in [1.165, 1.54) is 0 Å². The van der Waals surface area contributed by atoms with Crippen LogP contribution in [0, 0.1) is 16.7 Å². The zero-order valence-corrected chi connectivity index (χ0v) is 12.3. The van der Waals surface area contributed by atoms with E-state index >= 15 is 0 Å². The van der Waals surface area contributed by atoms with Crippen LogP contribution in [0.25, 0.3) is 0 Å². The van der Waals surface area contributed by atoms with Crippen molar-refractivity contribution in [2.45, 2.75) is 66.3 Å². The lowest BCUT2D eigenvalue weighted by molar-refractivity contribution is -0.140. The molecular weight excluding hydrogens is 210 g/mol. The number of hydrogen-bond acceptors (Lipinski definition) is 1. The highest BCUT2D eigenvalue weighted by Crippen LogP contribution is 2.54. The van der Waals surface area contributed by atoms with E-state index in [2.05, 4.69) is 46.4 Å². The van der Waals surface area contributed by atoms with E-state index < -0.39 is 0 Å². The molecule has 2 atom stereocenters. The monoisotopic (exact) mass is 237 g/mol. The molecule has 17 heavy (non-hydrogen) atoms. The first-order chi connectivity index (χ1) is 7.59. The quantitative estimate of drug-likeness (QED) is 0.684. The van der Waals surface area contributed by atoms with Gasteiger partial charge in [0, 0.05) is 18.0 Å². The van der Waals surface area contributed by atoms with Crippen molar-refractivity contribution in [1.82, 2.24) is 4.90 Å². The van der Waals surface area contributed by atoms with Crippen molar-refractivity contribution in [3.8, 4) is 0 Å². The highest BCUT2D eigenvalue weighted by atomic mass is 16.2. The van der Waals surface area contributed by atoms with Crippen LogP contribution in [0.5, 0.6) is 0 Å². The predicted molar refractivity (Wildman–Crippen MR) is 70.7 cm³/mol. The fourth-order valence-electron chi connectivity index (χ4n) is 3.17. The Hall–Kier alpha value is -0.530. The smallest absolute Gasteiger partial charge is 0.226 e. The molecule has 0 radical (unpaired) electrons. The molecule has 2 nitrogen and oxygen atoms in total. The molecule has 2 rings (SSSR count). The third-order valence-corrected chi connectivity index (χ3v) is 5.33. The summed E-state index contributed by atoms with van der Waals surface area (Å²) < 4.78 is 0. The van der Waals surface area contributed by atoms with Gasteiger partial charge in [-0.2, -0.15) is 0 Å². The van der Waals surface area contributed by atoms with E-state index in [-0.39, 0.29) is 22.3 Å². The molecule has 0 bridgehead atoms. The van der Waals surface area contributed by atoms with E-state index in [4.69, 9.17) is 0 Å². The second kappa shape index (κ2) is 3.49. The summed E-state index contributed by atoms with van der Waals surface area (Å²) >= 11 is 0. The minimum atomic E-state index is 0.0444. The Morgan fingerprint density at radius 3 is 2.18 bits per heavy atom. The van der Waals surface area contributed by atoms with Crippen molar-refractivity contribution >= 4 is 5.91 Å². The number of hydrogen-bond donors (Lipinski definition) is 0. The molecule has 0 spiro atoms. The molecule has 0 unspecified atom stereocenters. The minimum Gasteiger partial charge on any atom is -0.337 e. The van der Waals surface area contributed by atoms with Crippen molar-refractivity contribution in [3.05, 3.63) is 0 Å². The fraction of sp³-hybridized carbons (Fsp3) is 0.933. The van der Waals surface area contributed by atoms with Gasteiger partial charge in [0.05, 0.1) is 0 Å². The van der Waals surface area contributed by atoms with Crippen molar-refractivity contribution < 1.29 is 4.79 Å². The zero-order valence-electron chi connectivity index (χ0n) is 12.3. The average molecular weight is 237 g/mol. The summed E-state index contributed by atoms with van der Waals surface area (Å²) in [4.78, 5) is 14.8. The van der Waals surface area contributed by atoms with E-state index in [0.717, 1.165) is 25.8 Å². The molecule has 2 aliphatic rings. The van der Waals surface area contributed by atoms with Gasteiger partial charge in [-0.1, -0.05) is 34.6 Å². The lowest BCUT2D eigenvalue weighted by Crippen LogP contribution is -2.54. The fourth-order valence-corrected chi connectivity index (χ4v) is 3.17. The molecule has 0 aromatic heterocycles. The number of nitrogens with zero attached hydrogens (tertiary/aromatic N) is 1. The lowest BCUT2D eigenvalue weighted by atomic mass is 9.73. The van der Waals surface area contributed by atoms with Crippen molar-refractivity contribution in [3.63, 3.8) is 0 Å². The van der Waals surface area contributed by atoms with Gasteiger partial charge in [0.2, 0.25) is 5.91 Å². The van der Waals surface area contributed by atoms with Crippen molar-refractivity contribution in [2.24, 2.45) is 16.7 Å². The van der Waals surface area contributed by atoms with E-state index in [9.17, 15) is 4.79 Å². The molecule has 2 fully saturated rings. The second-order valence-corrected chi connectivity index (χ2v) is 7.86. The molecule has 1 saturated carbocycles. The van der Waals surface area contributed by atoms with Gasteiger partial charge in [0.25, 0.3) is 0 Å². The minimum absolute atomic E-state index is 0.0444. The molecule has 0 aromatic rings. The summed E-state index contributed by atoms with van der Waals surface area (Å²) in [5.41, 5.74) is 0.458. The Kier molecular flexibility index (Phi) is 2.65. The van der Waals surface area contributed by atoms with Crippen LogP contribution in [0.2, 0.25) is 0 Å². The van der Waals surface area contributed by atoms with Crippen LogP contribution in [-0.4, -0.2) is 22.9 Å². The van der Waals surface area contributed by atoms with Gasteiger partial charge in [0.15, 0.2) is 0 Å². The van der Waals surface area contributed by atoms with Gasteiger partial charge in [-0.05, 0) is 37.0 Å². The summed E-state index contributed by atoms with van der Waals surface area (Å²) in [6.07, 6.45) is 3.38. The summed E-state index contributed by atoms with van der Waals surface area (Å²) in [5.74, 6) is 0.687. The Balaban J connectivity index is 2.19. The summed E-state index contributed by atoms with van der Waals surface area (Å²) in [6, 6.07) is 0. The first-order valence-corrected chi connectivity index (χ1v) is 6.91. The molecule has 1 aliphatic carbocycles. The van der Waals surface area contributed by atoms with Crippen LogP contribution in [-0.2, 0) is 4.79 Å². The summed E-state index contributed by atoms with van der Waals surface area (Å²) in [7, 11) is 0. The standard InChI is InChI=1S/C15H27NO/c1-13(2,3)15(6)8-7-9-16(15)12(17)11-10-14(11,4)5/h11H,7-10H2,1-6H3/t11-,15+/m0/s1. The van der Waals surface area contributed by atoms with Gasteiger partial charge >= 0.3 is 0 Å². The first kappa shape index (κ1) is 12.9. The number of likely N-dealkylation sites (tertiary alicyclic amines) is 1. The number of carbonyl (C=O) groups is 1. The highest BCUT2D eigenvalue weighted by molar-refractivity contribution is 5.83. The maximum atomic E-state index is 12.6. The van der Waals surface area contributed by atoms with Crippen LogP contribution in [0.3, 0.4) is 0 Å². The van der Waals surface area contributed by atoms with Gasteiger partial charge < -0.3 is 4.90 Å². The number of rotatable bonds is 1. The molecule has 1 aliphatic heterocycles. The van der Waals surface area contributed by atoms with Gasteiger partial charge in [-0.25, -0.2) is 0 Å². The predicted octanol–water partition coefficient (Wildman–Crippen LogP) is 3.46. The molecule has 1 heterocycles. The third kappa shape index (κ3) is 1.90. The molecule has 2 heteroatoms. The van der Waals surface area contributed by atoms with E-state index in [1.807, 2.05) is 0 Å². The van der Waals surface area contributed by atoms with Gasteiger partial charge in [0.1, 0.15) is 0 Å². The summed E-state index contributed by atoms with van der Waals surface area (Å²) in [5, 5.41) is 0. The second-order valence-electron chi connectivity index (χ2n) is 7.86. The van der Waals surface area contributed by atoms with Crippen LogP contribution in [0.4, 0.5) is 0 Å². The molecule has 0 N–H and O–H groups in total. The Morgan fingerprint density at radius 2 is 1.76 bits per heavy atom. The topological polar surface area (TPSA) is 20.3 Å². The Morgan fingerprint density at radius 1 is 1.24 bits per heavy atom. The number of amides is 1. The molecule has 1 saturated heterocycles. The molecule has 98 valence electrons. The largest absolute Gasteiger partial charge is 0.337 e. The highest BCUT2D eigenvalue weighted by Gasteiger charge is 2.56. The Labute approximate surface area is 106 Å². The van der Waals surface area contributed by atoms with Crippen LogP contribution >= 0.6 is 0 Å². The van der Waals surface area contributed by atoms with Crippen molar-refractivity contribution in [2.75, 3.05) is 6.54 Å². The number of carbonyl (C=O) groups excluding carboxylic acids is 1. The molecule has 1 amide bonds. The summed E-state index contributed by atoms with van der Waals surface area (Å²) in [6.45, 7) is 14.4. The SMILES string of the molecule is CC1(C)C[C@H]1C(=O)N1CCC[C@]1(C)C(C)(C)C. The van der Waals surface area contributed by atoms with E-state index in [0.29, 0.717) is 5.91 Å². The Bertz CT molecular complexity index is 339. The van der Waals surface area contributed by atoms with Crippen LogP contribution in [0.1, 0.15) is 60.8 Å². The van der Waals surface area contributed by atoms with Crippen LogP contribution in [0.15, 0.2) is 0 Å². The average Bonchev–Trinajstić information content (AvgIpc) is 2.61. The maximum Gasteiger partial charge on any atom is 0.226 e. The zero-order chi connectivity index (χ0) is 13.1. The van der Waals surface area contributed by atoms with E-state index in [1.54, 1.807) is 0 Å². The normalized spacial score (nSPS) is 36.1. The van der Waals surface area contributed by atoms with Gasteiger partial charge in [-0.3, -0.25) is 4.79 Å². The maximum absolute atomic E-state index is 12.6. The molecule has 0 aromatic carbocycles. The van der Waals surface area contributed by atoms with Gasteiger partial charge in [-0.15, -0.1) is 0 Å². The molecular formula is C15H27NO. The van der Waals surface area contributed by atoms with Crippen LogP contribution < -0.4 is 0 Å².